The number of methoxy groups -OCH3 is 1. The number of nitrogens with zero attached hydrogens (tertiary/aromatic N) is 3. The maximum atomic E-state index is 12.3. The normalized spacial score (nSPS) is 10.9. The first-order chi connectivity index (χ1) is 10.6. The first-order valence-corrected chi connectivity index (χ1v) is 6.96. The number of hydrogen-bond donors (Lipinski definition) is 2. The summed E-state index contributed by atoms with van der Waals surface area (Å²) in [5, 5.41) is 4.29. The molecule has 0 radical (unpaired) electrons. The molecule has 0 saturated heterocycles. The Balaban J connectivity index is 2.17. The molecule has 0 aliphatic carbocycles. The van der Waals surface area contributed by atoms with E-state index in [-0.39, 0.29) is 12.2 Å². The van der Waals surface area contributed by atoms with Crippen molar-refractivity contribution in [2.24, 2.45) is 0 Å². The fraction of sp³-hybridized carbons (Fsp3) is 0.214. The molecule has 2 heterocycles. The number of anilines is 1. The summed E-state index contributed by atoms with van der Waals surface area (Å²) in [7, 11) is 3.24. The first-order valence-electron chi connectivity index (χ1n) is 6.58. The van der Waals surface area contributed by atoms with Crippen LogP contribution in [0.3, 0.4) is 0 Å². The monoisotopic (exact) mass is 319 g/mol. The second-order valence-corrected chi connectivity index (χ2v) is 5.08. The van der Waals surface area contributed by atoms with E-state index in [0.29, 0.717) is 28.1 Å². The molecule has 1 aromatic carbocycles. The Morgan fingerprint density at radius 3 is 2.91 bits per heavy atom. The van der Waals surface area contributed by atoms with Crippen molar-refractivity contribution in [2.45, 2.75) is 6.54 Å². The molecule has 22 heavy (non-hydrogen) atoms. The number of H-pyrrole nitrogens is 1. The lowest BCUT2D eigenvalue weighted by Gasteiger charge is -2.11. The molecule has 3 aromatic rings. The molecular weight excluding hydrogens is 306 g/mol. The van der Waals surface area contributed by atoms with Gasteiger partial charge in [-0.1, -0.05) is 11.6 Å². The van der Waals surface area contributed by atoms with E-state index in [9.17, 15) is 4.79 Å². The van der Waals surface area contributed by atoms with Crippen LogP contribution in [-0.2, 0) is 6.54 Å². The van der Waals surface area contributed by atoms with Crippen LogP contribution in [0, 0.1) is 0 Å². The average molecular weight is 320 g/mol. The minimum atomic E-state index is -0.374. The van der Waals surface area contributed by atoms with Crippen molar-refractivity contribution in [3.63, 3.8) is 0 Å². The number of benzene rings is 1. The number of halogens is 1. The van der Waals surface area contributed by atoms with Gasteiger partial charge < -0.3 is 15.0 Å². The number of imidazole rings is 1. The fourth-order valence-corrected chi connectivity index (χ4v) is 2.44. The van der Waals surface area contributed by atoms with Crippen molar-refractivity contribution in [1.82, 2.24) is 19.5 Å². The van der Waals surface area contributed by atoms with Crippen LogP contribution < -0.4 is 15.7 Å². The van der Waals surface area contributed by atoms with Crippen LogP contribution in [0.5, 0.6) is 6.01 Å². The van der Waals surface area contributed by atoms with Crippen LogP contribution in [-0.4, -0.2) is 33.7 Å². The SMILES string of the molecule is CNc1nc(=O)n(Cc2c[nH]c(OC)n2)c2cc(Cl)ccc12. The smallest absolute Gasteiger partial charge is 0.350 e. The van der Waals surface area contributed by atoms with Gasteiger partial charge in [0, 0.05) is 23.7 Å². The van der Waals surface area contributed by atoms with Gasteiger partial charge in [-0.05, 0) is 18.2 Å². The quantitative estimate of drug-likeness (QED) is 0.767. The largest absolute Gasteiger partial charge is 0.468 e. The molecule has 7 nitrogen and oxygen atoms in total. The van der Waals surface area contributed by atoms with Gasteiger partial charge in [-0.25, -0.2) is 4.79 Å². The molecule has 0 bridgehead atoms. The third kappa shape index (κ3) is 2.50. The number of fused-ring (bicyclic) bond motifs is 1. The predicted octanol–water partition coefficient (Wildman–Crippen LogP) is 1.87. The summed E-state index contributed by atoms with van der Waals surface area (Å²) in [5.41, 5.74) is 0.985. The molecule has 0 aliphatic rings. The highest BCUT2D eigenvalue weighted by Crippen LogP contribution is 2.23. The summed E-state index contributed by atoms with van der Waals surface area (Å²) < 4.78 is 6.53. The van der Waals surface area contributed by atoms with Gasteiger partial charge in [-0.3, -0.25) is 4.57 Å². The molecule has 2 N–H and O–H groups in total. The van der Waals surface area contributed by atoms with E-state index in [2.05, 4.69) is 20.3 Å². The van der Waals surface area contributed by atoms with Gasteiger partial charge in [0.25, 0.3) is 6.01 Å². The molecule has 0 saturated carbocycles. The standard InChI is InChI=1S/C14H14ClN5O2/c1-16-12-10-4-3-8(15)5-11(10)20(14(21)19-12)7-9-6-17-13(18-9)22-2/h3-6H,7H2,1-2H3,(H,17,18)(H,16,19,21). The zero-order chi connectivity index (χ0) is 15.7. The zero-order valence-corrected chi connectivity index (χ0v) is 12.8. The Morgan fingerprint density at radius 2 is 2.23 bits per heavy atom. The highest BCUT2D eigenvalue weighted by atomic mass is 35.5. The Bertz CT molecular complexity index is 887. The van der Waals surface area contributed by atoms with E-state index in [1.165, 1.54) is 11.7 Å². The van der Waals surface area contributed by atoms with E-state index >= 15 is 0 Å². The highest BCUT2D eigenvalue weighted by Gasteiger charge is 2.12. The summed E-state index contributed by atoms with van der Waals surface area (Å²) in [5.74, 6) is 0.521. The molecule has 2 aromatic heterocycles. The number of hydrogen-bond acceptors (Lipinski definition) is 5. The summed E-state index contributed by atoms with van der Waals surface area (Å²) in [6, 6.07) is 5.73. The second kappa shape index (κ2) is 5.69. The topological polar surface area (TPSA) is 84.8 Å². The Morgan fingerprint density at radius 1 is 1.41 bits per heavy atom. The third-order valence-corrected chi connectivity index (χ3v) is 3.54. The number of aromatic nitrogens is 4. The number of nitrogens with one attached hydrogen (secondary N) is 2. The van der Waals surface area contributed by atoms with Gasteiger partial charge in [0.2, 0.25) is 0 Å². The van der Waals surface area contributed by atoms with Gasteiger partial charge in [0.15, 0.2) is 0 Å². The maximum absolute atomic E-state index is 12.3. The average Bonchev–Trinajstić information content (AvgIpc) is 2.97. The molecule has 0 unspecified atom stereocenters. The fourth-order valence-electron chi connectivity index (χ4n) is 2.28. The van der Waals surface area contributed by atoms with Gasteiger partial charge in [0.1, 0.15) is 5.82 Å². The van der Waals surface area contributed by atoms with Gasteiger partial charge in [0.05, 0.1) is 24.9 Å². The lowest BCUT2D eigenvalue weighted by Crippen LogP contribution is -2.25. The molecule has 114 valence electrons. The van der Waals surface area contributed by atoms with Crippen LogP contribution in [0.2, 0.25) is 5.02 Å². The summed E-state index contributed by atoms with van der Waals surface area (Å²) in [6.07, 6.45) is 1.69. The summed E-state index contributed by atoms with van der Waals surface area (Å²) in [4.78, 5) is 23.5. The second-order valence-electron chi connectivity index (χ2n) is 4.64. The number of rotatable bonds is 4. The molecule has 0 aliphatic heterocycles. The Labute approximate surface area is 130 Å². The van der Waals surface area contributed by atoms with E-state index in [0.717, 1.165) is 5.39 Å². The molecule has 0 amide bonds. The van der Waals surface area contributed by atoms with Crippen LogP contribution in [0.4, 0.5) is 5.82 Å². The molecular formula is C14H14ClN5O2. The van der Waals surface area contributed by atoms with Crippen molar-refractivity contribution in [3.8, 4) is 6.01 Å². The summed E-state index contributed by atoms with van der Waals surface area (Å²) >= 11 is 6.07. The van der Waals surface area contributed by atoms with Gasteiger partial charge in [-0.15, -0.1) is 0 Å². The van der Waals surface area contributed by atoms with Crippen LogP contribution in [0.25, 0.3) is 10.9 Å². The van der Waals surface area contributed by atoms with Crippen LogP contribution >= 0.6 is 11.6 Å². The lowest BCUT2D eigenvalue weighted by atomic mass is 10.2. The molecule has 0 atom stereocenters. The summed E-state index contributed by atoms with van der Waals surface area (Å²) in [6.45, 7) is 0.270. The Kier molecular flexibility index (Phi) is 3.72. The Hall–Kier alpha value is -2.54. The number of aromatic amines is 1. The molecule has 0 fully saturated rings. The van der Waals surface area contributed by atoms with Gasteiger partial charge in [-0.2, -0.15) is 9.97 Å². The first kappa shape index (κ1) is 14.4. The van der Waals surface area contributed by atoms with Crippen LogP contribution in [0.1, 0.15) is 5.69 Å². The van der Waals surface area contributed by atoms with E-state index in [4.69, 9.17) is 16.3 Å². The highest BCUT2D eigenvalue weighted by molar-refractivity contribution is 6.31. The van der Waals surface area contributed by atoms with Crippen LogP contribution in [0.15, 0.2) is 29.2 Å². The minimum Gasteiger partial charge on any atom is -0.468 e. The van der Waals surface area contributed by atoms with Crippen molar-refractivity contribution in [2.75, 3.05) is 19.5 Å². The minimum absolute atomic E-state index is 0.270. The molecule has 3 rings (SSSR count). The molecule has 0 spiro atoms. The number of ether oxygens (including phenoxy) is 1. The van der Waals surface area contributed by atoms with Crippen molar-refractivity contribution < 1.29 is 4.74 Å². The van der Waals surface area contributed by atoms with Crippen molar-refractivity contribution in [3.05, 3.63) is 45.6 Å². The van der Waals surface area contributed by atoms with Crippen molar-refractivity contribution in [1.29, 1.82) is 0 Å². The third-order valence-electron chi connectivity index (χ3n) is 3.30. The maximum Gasteiger partial charge on any atom is 0.350 e. The van der Waals surface area contributed by atoms with Gasteiger partial charge >= 0.3 is 5.69 Å². The predicted molar refractivity (Wildman–Crippen MR) is 84.8 cm³/mol. The van der Waals surface area contributed by atoms with Crippen molar-refractivity contribution >= 4 is 28.3 Å². The zero-order valence-electron chi connectivity index (χ0n) is 12.1. The van der Waals surface area contributed by atoms with E-state index in [1.54, 1.807) is 25.4 Å². The lowest BCUT2D eigenvalue weighted by molar-refractivity contribution is 0.383. The van der Waals surface area contributed by atoms with E-state index in [1.807, 2.05) is 6.07 Å². The van der Waals surface area contributed by atoms with E-state index < -0.39 is 0 Å². The molecule has 8 heteroatoms.